The second-order valence-corrected chi connectivity index (χ2v) is 7.05. The molecule has 3 aromatic rings. The first-order valence-corrected chi connectivity index (χ1v) is 9.37. The molecule has 1 aliphatic rings. The Bertz CT molecular complexity index is 1040. The number of pyridine rings is 2. The Labute approximate surface area is 162 Å². The van der Waals surface area contributed by atoms with E-state index < -0.39 is 0 Å². The summed E-state index contributed by atoms with van der Waals surface area (Å²) in [4.78, 5) is 23.2. The molecule has 0 atom stereocenters. The van der Waals surface area contributed by atoms with Crippen molar-refractivity contribution in [2.45, 2.75) is 32.8 Å². The Kier molecular flexibility index (Phi) is 4.90. The van der Waals surface area contributed by atoms with E-state index in [9.17, 15) is 4.79 Å². The summed E-state index contributed by atoms with van der Waals surface area (Å²) in [6.07, 6.45) is 3.61. The summed E-state index contributed by atoms with van der Waals surface area (Å²) in [6, 6.07) is 7.35. The summed E-state index contributed by atoms with van der Waals surface area (Å²) in [7, 11) is 1.59. The molecule has 0 spiro atoms. The highest BCUT2D eigenvalue weighted by atomic mass is 16.5. The van der Waals surface area contributed by atoms with Crippen LogP contribution in [0, 0.1) is 13.8 Å². The van der Waals surface area contributed by atoms with Crippen LogP contribution in [-0.4, -0.2) is 36.3 Å². The zero-order valence-corrected chi connectivity index (χ0v) is 16.3. The minimum Gasteiger partial charge on any atom is -0.489 e. The summed E-state index contributed by atoms with van der Waals surface area (Å²) in [6.45, 7) is 5.42. The maximum absolute atomic E-state index is 12.0. The lowest BCUT2D eigenvalue weighted by Gasteiger charge is -2.33. The van der Waals surface area contributed by atoms with Gasteiger partial charge in [0.1, 0.15) is 23.4 Å². The fraction of sp³-hybridized carbons (Fsp3) is 0.381. The minimum absolute atomic E-state index is 0.140. The molecule has 0 bridgehead atoms. The van der Waals surface area contributed by atoms with Crippen molar-refractivity contribution >= 4 is 16.7 Å². The second-order valence-electron chi connectivity index (χ2n) is 7.05. The van der Waals surface area contributed by atoms with Gasteiger partial charge in [-0.3, -0.25) is 0 Å². The number of nitrogens with zero attached hydrogens (tertiary/aromatic N) is 3. The molecule has 7 nitrogen and oxygen atoms in total. The molecule has 0 aromatic carbocycles. The lowest BCUT2D eigenvalue weighted by Crippen LogP contribution is -2.39. The van der Waals surface area contributed by atoms with Gasteiger partial charge in [-0.25, -0.2) is 14.8 Å². The van der Waals surface area contributed by atoms with E-state index in [1.165, 1.54) is 0 Å². The van der Waals surface area contributed by atoms with Crippen LogP contribution in [0.25, 0.3) is 10.9 Å². The van der Waals surface area contributed by atoms with E-state index in [1.807, 2.05) is 25.1 Å². The van der Waals surface area contributed by atoms with E-state index in [0.717, 1.165) is 43.1 Å². The monoisotopic (exact) mass is 381 g/mol. The molecule has 1 saturated heterocycles. The Morgan fingerprint density at radius 1 is 1.18 bits per heavy atom. The summed E-state index contributed by atoms with van der Waals surface area (Å²) >= 11 is 0. The number of aromatic nitrogens is 2. The van der Waals surface area contributed by atoms with E-state index >= 15 is 0 Å². The van der Waals surface area contributed by atoms with E-state index in [-0.39, 0.29) is 11.7 Å². The fourth-order valence-electron chi connectivity index (χ4n) is 3.57. The van der Waals surface area contributed by atoms with Crippen LogP contribution in [0.4, 0.5) is 5.82 Å². The molecule has 4 heterocycles. The molecule has 1 aliphatic heterocycles. The van der Waals surface area contributed by atoms with Crippen LogP contribution in [0.1, 0.15) is 24.2 Å². The number of hydrogen-bond acceptors (Lipinski definition) is 7. The Morgan fingerprint density at radius 3 is 2.64 bits per heavy atom. The van der Waals surface area contributed by atoms with Gasteiger partial charge >= 0.3 is 5.63 Å². The normalized spacial score (nSPS) is 15.0. The highest BCUT2D eigenvalue weighted by Gasteiger charge is 2.23. The molecular weight excluding hydrogens is 358 g/mol. The number of fused-ring (bicyclic) bond motifs is 1. The largest absolute Gasteiger partial charge is 0.489 e. The van der Waals surface area contributed by atoms with Gasteiger partial charge < -0.3 is 18.8 Å². The SMILES string of the molecule is COc1ccc(OC2CCN(c3nc4cc(C)oc(=O)c4cc3C)CC2)cn1. The van der Waals surface area contributed by atoms with Crippen LogP contribution in [0.2, 0.25) is 0 Å². The van der Waals surface area contributed by atoms with Crippen molar-refractivity contribution in [2.75, 3.05) is 25.1 Å². The van der Waals surface area contributed by atoms with Gasteiger partial charge in [-0.2, -0.15) is 0 Å². The molecule has 0 radical (unpaired) electrons. The number of aryl methyl sites for hydroxylation is 2. The van der Waals surface area contributed by atoms with Gasteiger partial charge in [0, 0.05) is 38.1 Å². The first-order chi connectivity index (χ1) is 13.5. The highest BCUT2D eigenvalue weighted by Crippen LogP contribution is 2.26. The Hall–Kier alpha value is -3.09. The predicted octanol–water partition coefficient (Wildman–Crippen LogP) is 3.26. The van der Waals surface area contributed by atoms with Gasteiger partial charge in [-0.05, 0) is 31.5 Å². The summed E-state index contributed by atoms with van der Waals surface area (Å²) < 4.78 is 16.3. The molecule has 7 heteroatoms. The van der Waals surface area contributed by atoms with Crippen LogP contribution >= 0.6 is 0 Å². The molecule has 0 amide bonds. The third-order valence-electron chi connectivity index (χ3n) is 4.99. The predicted molar refractivity (Wildman–Crippen MR) is 106 cm³/mol. The van der Waals surface area contributed by atoms with Gasteiger partial charge in [0.05, 0.1) is 24.2 Å². The van der Waals surface area contributed by atoms with Gasteiger partial charge in [0.25, 0.3) is 0 Å². The van der Waals surface area contributed by atoms with E-state index in [2.05, 4.69) is 9.88 Å². The van der Waals surface area contributed by atoms with Crippen molar-refractivity contribution < 1.29 is 13.9 Å². The molecular formula is C21H23N3O4. The Morgan fingerprint density at radius 2 is 1.96 bits per heavy atom. The first kappa shape index (κ1) is 18.3. The molecule has 1 fully saturated rings. The van der Waals surface area contributed by atoms with Crippen LogP contribution in [0.5, 0.6) is 11.6 Å². The number of methoxy groups -OCH3 is 1. The van der Waals surface area contributed by atoms with Crippen LogP contribution < -0.4 is 20.0 Å². The van der Waals surface area contributed by atoms with Crippen LogP contribution in [0.3, 0.4) is 0 Å². The van der Waals surface area contributed by atoms with Crippen LogP contribution in [-0.2, 0) is 0 Å². The maximum atomic E-state index is 12.0. The van der Waals surface area contributed by atoms with Crippen molar-refractivity contribution in [1.82, 2.24) is 9.97 Å². The van der Waals surface area contributed by atoms with Gasteiger partial charge in [-0.1, -0.05) is 0 Å². The molecule has 0 saturated carbocycles. The number of anilines is 1. The van der Waals surface area contributed by atoms with Crippen molar-refractivity contribution in [3.8, 4) is 11.6 Å². The van der Waals surface area contributed by atoms with Gasteiger partial charge in [0.15, 0.2) is 0 Å². The number of rotatable bonds is 4. The van der Waals surface area contributed by atoms with Crippen molar-refractivity contribution in [3.63, 3.8) is 0 Å². The van der Waals surface area contributed by atoms with E-state index in [4.69, 9.17) is 18.9 Å². The number of ether oxygens (including phenoxy) is 2. The zero-order chi connectivity index (χ0) is 19.7. The zero-order valence-electron chi connectivity index (χ0n) is 16.3. The molecule has 146 valence electrons. The third kappa shape index (κ3) is 3.65. The summed E-state index contributed by atoms with van der Waals surface area (Å²) in [5, 5.41) is 0.525. The van der Waals surface area contributed by atoms with Crippen molar-refractivity contribution in [1.29, 1.82) is 0 Å². The first-order valence-electron chi connectivity index (χ1n) is 9.37. The molecule has 0 aliphatic carbocycles. The highest BCUT2D eigenvalue weighted by molar-refractivity contribution is 5.80. The molecule has 28 heavy (non-hydrogen) atoms. The Balaban J connectivity index is 1.47. The third-order valence-corrected chi connectivity index (χ3v) is 4.99. The number of hydrogen-bond donors (Lipinski definition) is 0. The standard InChI is InChI=1S/C21H23N3O4/c1-13-10-17-18(11-14(2)27-21(17)25)23-20(13)24-8-6-15(7-9-24)28-16-4-5-19(26-3)22-12-16/h4-5,10-12,15H,6-9H2,1-3H3. The molecule has 0 N–H and O–H groups in total. The van der Waals surface area contributed by atoms with Crippen molar-refractivity contribution in [2.24, 2.45) is 0 Å². The molecule has 3 aromatic heterocycles. The smallest absolute Gasteiger partial charge is 0.345 e. The second kappa shape index (κ2) is 7.50. The van der Waals surface area contributed by atoms with Gasteiger partial charge in [-0.15, -0.1) is 0 Å². The van der Waals surface area contributed by atoms with Crippen LogP contribution in [0.15, 0.2) is 39.7 Å². The van der Waals surface area contributed by atoms with E-state index in [1.54, 1.807) is 26.3 Å². The average molecular weight is 381 g/mol. The molecule has 0 unspecified atom stereocenters. The number of piperidine rings is 1. The summed E-state index contributed by atoms with van der Waals surface area (Å²) in [5.41, 5.74) is 1.32. The maximum Gasteiger partial charge on any atom is 0.345 e. The van der Waals surface area contributed by atoms with Gasteiger partial charge in [0.2, 0.25) is 5.88 Å². The van der Waals surface area contributed by atoms with E-state index in [0.29, 0.717) is 22.5 Å². The quantitative estimate of drug-likeness (QED) is 0.686. The topological polar surface area (TPSA) is 77.7 Å². The molecule has 4 rings (SSSR count). The van der Waals surface area contributed by atoms with Crippen molar-refractivity contribution in [3.05, 3.63) is 52.2 Å². The fourth-order valence-corrected chi connectivity index (χ4v) is 3.57. The minimum atomic E-state index is -0.336. The lowest BCUT2D eigenvalue weighted by molar-refractivity contribution is 0.170. The average Bonchev–Trinajstić information content (AvgIpc) is 2.69. The summed E-state index contributed by atoms with van der Waals surface area (Å²) in [5.74, 6) is 2.81. The lowest BCUT2D eigenvalue weighted by atomic mass is 10.1.